The summed E-state index contributed by atoms with van der Waals surface area (Å²) in [5.74, 6) is -0.528. The van der Waals surface area contributed by atoms with Gasteiger partial charge in [-0.05, 0) is 68.6 Å². The van der Waals surface area contributed by atoms with Crippen molar-refractivity contribution in [3.63, 3.8) is 0 Å². The lowest BCUT2D eigenvalue weighted by molar-refractivity contribution is -0.114. The molecule has 0 radical (unpaired) electrons. The normalized spacial score (nSPS) is 11.3. The Bertz CT molecular complexity index is 1210. The van der Waals surface area contributed by atoms with E-state index in [0.29, 0.717) is 34.4 Å². The second kappa shape index (κ2) is 9.69. The standard InChI is InChI=1S/C24H22ClFN4O/c1-15-9-23-20(11-16(15)10-19(31)5-4-8-30(2)3)24(17(13-27)14-28-23)29-18-6-7-22(26)21(25)12-18/h4-7,9,11-12,14H,8,10H2,1-3H3,(H,28,29)/b5-4+. The summed E-state index contributed by atoms with van der Waals surface area (Å²) >= 11 is 5.90. The predicted molar refractivity (Wildman–Crippen MR) is 122 cm³/mol. The Balaban J connectivity index is 2.01. The molecule has 0 fully saturated rings. The molecule has 0 aliphatic rings. The topological polar surface area (TPSA) is 69.0 Å². The van der Waals surface area contributed by atoms with E-state index in [4.69, 9.17) is 11.6 Å². The minimum absolute atomic E-state index is 0.00600. The number of pyridine rings is 1. The highest BCUT2D eigenvalue weighted by Gasteiger charge is 2.14. The number of fused-ring (bicyclic) bond motifs is 1. The maximum absolute atomic E-state index is 13.5. The molecule has 7 heteroatoms. The quantitative estimate of drug-likeness (QED) is 0.517. The summed E-state index contributed by atoms with van der Waals surface area (Å²) in [6, 6.07) is 10.2. The molecule has 3 rings (SSSR count). The number of hydrogen-bond donors (Lipinski definition) is 1. The molecule has 0 atom stereocenters. The number of carbonyl (C=O) groups is 1. The van der Waals surface area contributed by atoms with Crippen molar-refractivity contribution in [2.75, 3.05) is 26.0 Å². The number of hydrogen-bond acceptors (Lipinski definition) is 5. The first-order valence-electron chi connectivity index (χ1n) is 9.67. The van der Waals surface area contributed by atoms with Gasteiger partial charge in [0.15, 0.2) is 5.78 Å². The number of aryl methyl sites for hydroxylation is 1. The lowest BCUT2D eigenvalue weighted by Gasteiger charge is -2.14. The summed E-state index contributed by atoms with van der Waals surface area (Å²) in [6.45, 7) is 2.62. The highest BCUT2D eigenvalue weighted by molar-refractivity contribution is 6.31. The van der Waals surface area contributed by atoms with E-state index in [1.165, 1.54) is 18.3 Å². The number of allylic oxidation sites excluding steroid dienone is 1. The minimum Gasteiger partial charge on any atom is -0.354 e. The third kappa shape index (κ3) is 5.46. The zero-order valence-corrected chi connectivity index (χ0v) is 18.3. The van der Waals surface area contributed by atoms with Gasteiger partial charge in [0.25, 0.3) is 0 Å². The van der Waals surface area contributed by atoms with Crippen molar-refractivity contribution < 1.29 is 9.18 Å². The number of rotatable bonds is 7. The first-order valence-corrected chi connectivity index (χ1v) is 10.0. The van der Waals surface area contributed by atoms with Crippen molar-refractivity contribution in [3.8, 4) is 6.07 Å². The summed E-state index contributed by atoms with van der Waals surface area (Å²) in [4.78, 5) is 18.8. The molecule has 2 aromatic carbocycles. The van der Waals surface area contributed by atoms with Gasteiger partial charge in [0.2, 0.25) is 0 Å². The van der Waals surface area contributed by atoms with E-state index in [0.717, 1.165) is 11.1 Å². The van der Waals surface area contributed by atoms with Crippen molar-refractivity contribution in [2.24, 2.45) is 0 Å². The van der Waals surface area contributed by atoms with Crippen LogP contribution >= 0.6 is 11.6 Å². The van der Waals surface area contributed by atoms with Crippen molar-refractivity contribution in [2.45, 2.75) is 13.3 Å². The maximum atomic E-state index is 13.5. The highest BCUT2D eigenvalue weighted by atomic mass is 35.5. The zero-order chi connectivity index (χ0) is 22.5. The van der Waals surface area contributed by atoms with Crippen LogP contribution in [0.1, 0.15) is 16.7 Å². The Morgan fingerprint density at radius 1 is 1.32 bits per heavy atom. The molecular formula is C24H22ClFN4O. The fourth-order valence-electron chi connectivity index (χ4n) is 3.16. The third-order valence-electron chi connectivity index (χ3n) is 4.77. The number of nitrogens with zero attached hydrogens (tertiary/aromatic N) is 3. The molecule has 0 aliphatic carbocycles. The van der Waals surface area contributed by atoms with Crippen LogP contribution in [0.4, 0.5) is 15.8 Å². The molecule has 5 nitrogen and oxygen atoms in total. The fraction of sp³-hybridized carbons (Fsp3) is 0.208. The maximum Gasteiger partial charge on any atom is 0.159 e. The molecule has 158 valence electrons. The number of anilines is 2. The summed E-state index contributed by atoms with van der Waals surface area (Å²) < 4.78 is 13.5. The smallest absolute Gasteiger partial charge is 0.159 e. The molecule has 1 heterocycles. The van der Waals surface area contributed by atoms with Gasteiger partial charge in [0.1, 0.15) is 11.9 Å². The summed E-state index contributed by atoms with van der Waals surface area (Å²) in [6.07, 6.45) is 5.15. The van der Waals surface area contributed by atoms with Crippen LogP contribution in [0.5, 0.6) is 0 Å². The molecule has 0 unspecified atom stereocenters. The van der Waals surface area contributed by atoms with Gasteiger partial charge in [-0.1, -0.05) is 17.7 Å². The van der Waals surface area contributed by atoms with Crippen LogP contribution < -0.4 is 5.32 Å². The third-order valence-corrected chi connectivity index (χ3v) is 5.06. The average Bonchev–Trinajstić information content (AvgIpc) is 2.71. The Labute approximate surface area is 185 Å². The van der Waals surface area contributed by atoms with Crippen LogP contribution in [0.25, 0.3) is 10.9 Å². The van der Waals surface area contributed by atoms with Crippen LogP contribution in [0.15, 0.2) is 48.7 Å². The molecule has 0 saturated carbocycles. The van der Waals surface area contributed by atoms with Gasteiger partial charge < -0.3 is 10.2 Å². The molecule has 0 saturated heterocycles. The average molecular weight is 437 g/mol. The number of halogens is 2. The van der Waals surface area contributed by atoms with Gasteiger partial charge in [-0.25, -0.2) is 4.39 Å². The summed E-state index contributed by atoms with van der Waals surface area (Å²) in [5, 5.41) is 13.4. The van der Waals surface area contributed by atoms with E-state index in [1.54, 1.807) is 12.1 Å². The predicted octanol–water partition coefficient (Wildman–Crippen LogP) is 5.18. The van der Waals surface area contributed by atoms with Crippen molar-refractivity contribution in [3.05, 3.63) is 76.2 Å². The Hall–Kier alpha value is -3.27. The number of likely N-dealkylation sites (N-methyl/N-ethyl adjacent to an activating group) is 1. The van der Waals surface area contributed by atoms with Gasteiger partial charge in [-0.15, -0.1) is 0 Å². The Morgan fingerprint density at radius 3 is 2.77 bits per heavy atom. The summed E-state index contributed by atoms with van der Waals surface area (Å²) in [5.41, 5.74) is 3.89. The number of carbonyl (C=O) groups excluding carboxylic acids is 1. The molecular weight excluding hydrogens is 415 g/mol. The minimum atomic E-state index is -0.522. The number of aromatic nitrogens is 1. The first kappa shape index (κ1) is 22.4. The molecule has 1 aromatic heterocycles. The van der Waals surface area contributed by atoms with Crippen LogP contribution in [0.3, 0.4) is 0 Å². The van der Waals surface area contributed by atoms with Gasteiger partial charge in [0.05, 0.1) is 21.8 Å². The second-order valence-electron chi connectivity index (χ2n) is 7.52. The summed E-state index contributed by atoms with van der Waals surface area (Å²) in [7, 11) is 3.87. The van der Waals surface area contributed by atoms with Gasteiger partial charge in [-0.2, -0.15) is 5.26 Å². The largest absolute Gasteiger partial charge is 0.354 e. The zero-order valence-electron chi connectivity index (χ0n) is 17.5. The van der Waals surface area contributed by atoms with Crippen molar-refractivity contribution >= 4 is 39.7 Å². The molecule has 0 amide bonds. The number of benzene rings is 2. The van der Waals surface area contributed by atoms with E-state index in [2.05, 4.69) is 16.4 Å². The number of ketones is 1. The Kier molecular flexibility index (Phi) is 7.01. The monoisotopic (exact) mass is 436 g/mol. The van der Waals surface area contributed by atoms with Crippen LogP contribution in [-0.4, -0.2) is 36.3 Å². The number of nitriles is 1. The first-order chi connectivity index (χ1) is 14.8. The molecule has 31 heavy (non-hydrogen) atoms. The van der Waals surface area contributed by atoms with Gasteiger partial charge >= 0.3 is 0 Å². The molecule has 1 N–H and O–H groups in total. The van der Waals surface area contributed by atoms with Gasteiger partial charge in [0, 0.05) is 30.2 Å². The molecule has 0 aliphatic heterocycles. The molecule has 3 aromatic rings. The van der Waals surface area contributed by atoms with Gasteiger partial charge in [-0.3, -0.25) is 9.78 Å². The second-order valence-corrected chi connectivity index (χ2v) is 7.92. The lowest BCUT2D eigenvalue weighted by Crippen LogP contribution is -2.11. The lowest BCUT2D eigenvalue weighted by atomic mass is 9.98. The van der Waals surface area contributed by atoms with Crippen LogP contribution in [0.2, 0.25) is 5.02 Å². The number of nitrogens with one attached hydrogen (secondary N) is 1. The van der Waals surface area contributed by atoms with E-state index in [-0.39, 0.29) is 17.2 Å². The fourth-order valence-corrected chi connectivity index (χ4v) is 3.34. The van der Waals surface area contributed by atoms with Crippen LogP contribution in [0, 0.1) is 24.1 Å². The SMILES string of the molecule is Cc1cc2ncc(C#N)c(Nc3ccc(F)c(Cl)c3)c2cc1CC(=O)/C=C/CN(C)C. The van der Waals surface area contributed by atoms with Crippen molar-refractivity contribution in [1.82, 2.24) is 9.88 Å². The molecule has 0 spiro atoms. The Morgan fingerprint density at radius 2 is 2.10 bits per heavy atom. The van der Waals surface area contributed by atoms with Crippen LogP contribution in [-0.2, 0) is 11.2 Å². The van der Waals surface area contributed by atoms with E-state index < -0.39 is 5.82 Å². The van der Waals surface area contributed by atoms with E-state index in [1.807, 2.05) is 44.1 Å². The van der Waals surface area contributed by atoms with E-state index in [9.17, 15) is 14.4 Å². The van der Waals surface area contributed by atoms with Crippen molar-refractivity contribution in [1.29, 1.82) is 5.26 Å². The molecule has 0 bridgehead atoms. The van der Waals surface area contributed by atoms with E-state index >= 15 is 0 Å². The highest BCUT2D eigenvalue weighted by Crippen LogP contribution is 2.32.